The first-order valence-electron chi connectivity index (χ1n) is 9.82. The monoisotopic (exact) mass is 476 g/mol. The number of hydrogen-bond acceptors (Lipinski definition) is 3. The number of benzene rings is 2. The van der Waals surface area contributed by atoms with Crippen LogP contribution in [-0.4, -0.2) is 28.2 Å². The zero-order valence-electron chi connectivity index (χ0n) is 18.4. The fourth-order valence-corrected chi connectivity index (χ4v) is 3.72. The van der Waals surface area contributed by atoms with Gasteiger partial charge in [0.1, 0.15) is 17.4 Å². The van der Waals surface area contributed by atoms with E-state index in [0.717, 1.165) is 16.7 Å². The van der Waals surface area contributed by atoms with Crippen LogP contribution in [0.3, 0.4) is 0 Å². The summed E-state index contributed by atoms with van der Waals surface area (Å²) < 4.78 is 13.5. The summed E-state index contributed by atoms with van der Waals surface area (Å²) in [4.78, 5) is 14.8. The zero-order chi connectivity index (χ0) is 21.7. The molecule has 0 bridgehead atoms. The van der Waals surface area contributed by atoms with E-state index < -0.39 is 0 Å². The van der Waals surface area contributed by atoms with Gasteiger partial charge in [0.2, 0.25) is 0 Å². The van der Waals surface area contributed by atoms with Gasteiger partial charge in [0.15, 0.2) is 5.78 Å². The first-order chi connectivity index (χ1) is 13.3. The standard InChI is InChI=1S/C24H29FN2O2.BrH/c1-23(2,3)18-10-14(11-19(21(18)29)24(4,5)6)20(28)13-27-12-15-9-16(25)7-8-17(15)22(27)26;/h7-11,26,29H,12-13H2,1-6H3;1H. The number of Topliss-reactive ketones (excluding diaryl/α,β-unsaturated/α-hetero) is 1. The van der Waals surface area contributed by atoms with E-state index in [2.05, 4.69) is 0 Å². The van der Waals surface area contributed by atoms with Crippen LogP contribution in [-0.2, 0) is 17.4 Å². The summed E-state index contributed by atoms with van der Waals surface area (Å²) in [7, 11) is 0. The molecule has 0 aromatic heterocycles. The Hall–Kier alpha value is -2.21. The Labute approximate surface area is 188 Å². The maximum absolute atomic E-state index is 13.5. The highest BCUT2D eigenvalue weighted by molar-refractivity contribution is 8.93. The van der Waals surface area contributed by atoms with Crippen LogP contribution < -0.4 is 0 Å². The number of nitrogens with zero attached hydrogens (tertiary/aromatic N) is 1. The Balaban J connectivity index is 0.00000320. The maximum atomic E-state index is 13.5. The molecule has 2 aromatic rings. The van der Waals surface area contributed by atoms with Crippen molar-refractivity contribution in [3.8, 4) is 5.75 Å². The number of nitrogens with one attached hydrogen (secondary N) is 1. The van der Waals surface area contributed by atoms with Crippen molar-refractivity contribution in [3.05, 3.63) is 64.0 Å². The van der Waals surface area contributed by atoms with E-state index in [1.165, 1.54) is 12.1 Å². The van der Waals surface area contributed by atoms with Crippen LogP contribution in [0.25, 0.3) is 0 Å². The molecule has 1 aliphatic rings. The molecular weight excluding hydrogens is 447 g/mol. The topological polar surface area (TPSA) is 64.4 Å². The minimum Gasteiger partial charge on any atom is -0.507 e. The number of halogens is 2. The third-order valence-electron chi connectivity index (χ3n) is 5.38. The van der Waals surface area contributed by atoms with Crippen molar-refractivity contribution in [1.29, 1.82) is 5.41 Å². The second-order valence-electron chi connectivity index (χ2n) is 9.85. The molecule has 0 saturated heterocycles. The number of aromatic hydroxyl groups is 1. The molecule has 0 radical (unpaired) electrons. The van der Waals surface area contributed by atoms with Crippen molar-refractivity contribution < 1.29 is 14.3 Å². The molecule has 2 aromatic carbocycles. The van der Waals surface area contributed by atoms with Gasteiger partial charge in [0, 0.05) is 28.8 Å². The van der Waals surface area contributed by atoms with Gasteiger partial charge in [-0.2, -0.15) is 0 Å². The predicted molar refractivity (Wildman–Crippen MR) is 124 cm³/mol. The lowest BCUT2D eigenvalue weighted by Crippen LogP contribution is -2.30. The molecule has 30 heavy (non-hydrogen) atoms. The summed E-state index contributed by atoms with van der Waals surface area (Å²) in [5, 5.41) is 19.2. The number of rotatable bonds is 3. The van der Waals surface area contributed by atoms with E-state index >= 15 is 0 Å². The Morgan fingerprint density at radius 1 is 1.07 bits per heavy atom. The molecule has 6 heteroatoms. The molecule has 0 aliphatic carbocycles. The molecule has 3 rings (SSSR count). The number of carbonyl (C=O) groups is 1. The highest BCUT2D eigenvalue weighted by Gasteiger charge is 2.30. The van der Waals surface area contributed by atoms with Gasteiger partial charge in [-0.3, -0.25) is 10.2 Å². The van der Waals surface area contributed by atoms with Gasteiger partial charge < -0.3 is 10.0 Å². The van der Waals surface area contributed by atoms with Crippen LogP contribution in [0, 0.1) is 11.2 Å². The molecule has 0 atom stereocenters. The van der Waals surface area contributed by atoms with E-state index in [-0.39, 0.29) is 57.5 Å². The minimum atomic E-state index is -0.340. The van der Waals surface area contributed by atoms with Gasteiger partial charge in [-0.05, 0) is 46.7 Å². The van der Waals surface area contributed by atoms with Gasteiger partial charge in [-0.1, -0.05) is 41.5 Å². The van der Waals surface area contributed by atoms with Crippen molar-refractivity contribution in [1.82, 2.24) is 4.90 Å². The van der Waals surface area contributed by atoms with Crippen molar-refractivity contribution in [2.45, 2.75) is 58.9 Å². The van der Waals surface area contributed by atoms with Crippen LogP contribution in [0.4, 0.5) is 4.39 Å². The molecule has 0 spiro atoms. The third kappa shape index (κ3) is 4.59. The van der Waals surface area contributed by atoms with E-state index in [9.17, 15) is 14.3 Å². The van der Waals surface area contributed by atoms with Gasteiger partial charge in [-0.15, -0.1) is 17.0 Å². The second kappa shape index (κ2) is 8.14. The molecular formula is C24H30BrFN2O2. The van der Waals surface area contributed by atoms with Crippen LogP contribution >= 0.6 is 17.0 Å². The van der Waals surface area contributed by atoms with Gasteiger partial charge >= 0.3 is 0 Å². The average molecular weight is 477 g/mol. The molecule has 162 valence electrons. The van der Waals surface area contributed by atoms with E-state index in [4.69, 9.17) is 5.41 Å². The summed E-state index contributed by atoms with van der Waals surface area (Å²) in [6.45, 7) is 12.4. The quantitative estimate of drug-likeness (QED) is 0.556. The van der Waals surface area contributed by atoms with E-state index in [1.807, 2.05) is 41.5 Å². The van der Waals surface area contributed by atoms with Crippen molar-refractivity contribution >= 4 is 28.6 Å². The number of hydrogen-bond donors (Lipinski definition) is 2. The first-order valence-corrected chi connectivity index (χ1v) is 9.82. The maximum Gasteiger partial charge on any atom is 0.182 e. The van der Waals surface area contributed by atoms with Crippen LogP contribution in [0.5, 0.6) is 5.75 Å². The van der Waals surface area contributed by atoms with Crippen molar-refractivity contribution in [3.63, 3.8) is 0 Å². The lowest BCUT2D eigenvalue weighted by molar-refractivity contribution is 0.0962. The molecule has 1 heterocycles. The molecule has 0 unspecified atom stereocenters. The molecule has 0 saturated carbocycles. The number of amidine groups is 1. The summed E-state index contributed by atoms with van der Waals surface area (Å²) in [6, 6.07) is 7.88. The zero-order valence-corrected chi connectivity index (χ0v) is 20.1. The number of ketones is 1. The third-order valence-corrected chi connectivity index (χ3v) is 5.38. The Bertz CT molecular complexity index is 968. The molecule has 2 N–H and O–H groups in total. The van der Waals surface area contributed by atoms with Gasteiger partial charge in [-0.25, -0.2) is 4.39 Å². The fraction of sp³-hybridized carbons (Fsp3) is 0.417. The fourth-order valence-electron chi connectivity index (χ4n) is 3.72. The SMILES string of the molecule is Br.CC(C)(C)c1cc(C(=O)CN2Cc3cc(F)ccc3C2=N)cc(C(C)(C)C)c1O. The number of phenols is 1. The number of carbonyl (C=O) groups excluding carboxylic acids is 1. The summed E-state index contributed by atoms with van der Waals surface area (Å²) >= 11 is 0. The van der Waals surface area contributed by atoms with E-state index in [0.29, 0.717) is 17.7 Å². The molecule has 0 fully saturated rings. The van der Waals surface area contributed by atoms with Crippen LogP contribution in [0.15, 0.2) is 30.3 Å². The van der Waals surface area contributed by atoms with Gasteiger partial charge in [0.05, 0.1) is 6.54 Å². The molecule has 4 nitrogen and oxygen atoms in total. The summed E-state index contributed by atoms with van der Waals surface area (Å²) in [5.41, 5.74) is 2.72. The van der Waals surface area contributed by atoms with Gasteiger partial charge in [0.25, 0.3) is 0 Å². The smallest absolute Gasteiger partial charge is 0.182 e. The Morgan fingerprint density at radius 2 is 1.60 bits per heavy atom. The summed E-state index contributed by atoms with van der Waals surface area (Å²) in [6.07, 6.45) is 0. The van der Waals surface area contributed by atoms with Crippen LogP contribution in [0.1, 0.15) is 74.2 Å². The Kier molecular flexibility index (Phi) is 6.53. The lowest BCUT2D eigenvalue weighted by atomic mass is 9.78. The first kappa shape index (κ1) is 24.1. The summed E-state index contributed by atoms with van der Waals surface area (Å²) in [5.74, 6) is 0.00416. The van der Waals surface area contributed by atoms with Crippen molar-refractivity contribution in [2.75, 3.05) is 6.54 Å². The number of fused-ring (bicyclic) bond motifs is 1. The largest absolute Gasteiger partial charge is 0.507 e. The molecule has 1 aliphatic heterocycles. The molecule has 0 amide bonds. The minimum absolute atomic E-state index is 0. The highest BCUT2D eigenvalue weighted by Crippen LogP contribution is 2.40. The predicted octanol–water partition coefficient (Wildman–Crippen LogP) is 5.73. The average Bonchev–Trinajstić information content (AvgIpc) is 2.87. The second-order valence-corrected chi connectivity index (χ2v) is 9.85. The van der Waals surface area contributed by atoms with E-state index in [1.54, 1.807) is 23.1 Å². The highest BCUT2D eigenvalue weighted by atomic mass is 79.9. The Morgan fingerprint density at radius 3 is 2.10 bits per heavy atom. The number of phenolic OH excluding ortho intramolecular Hbond substituents is 1. The normalized spacial score (nSPS) is 13.8. The van der Waals surface area contributed by atoms with Crippen LogP contribution in [0.2, 0.25) is 0 Å². The van der Waals surface area contributed by atoms with Crippen molar-refractivity contribution in [2.24, 2.45) is 0 Å². The lowest BCUT2D eigenvalue weighted by Gasteiger charge is -2.28.